The molecular weight excluding hydrogens is 377 g/mol. The van der Waals surface area contributed by atoms with Gasteiger partial charge in [-0.15, -0.1) is 0 Å². The van der Waals surface area contributed by atoms with Crippen molar-refractivity contribution >= 4 is 13.6 Å². The summed E-state index contributed by atoms with van der Waals surface area (Å²) in [7, 11) is 5.48. The number of ether oxygens (including phenoxy) is 1. The van der Waals surface area contributed by atoms with Crippen molar-refractivity contribution in [3.05, 3.63) is 0 Å². The summed E-state index contributed by atoms with van der Waals surface area (Å²) in [4.78, 5) is 0. The number of alkyl halides is 1. The first-order chi connectivity index (χ1) is 6.37. The van der Waals surface area contributed by atoms with E-state index < -0.39 is 29.7 Å². The molecule has 7 heteroatoms. The second-order valence-electron chi connectivity index (χ2n) is 3.39. The zero-order valence-electron chi connectivity index (χ0n) is 8.01. The second kappa shape index (κ2) is 4.80. The SMILES string of the molecule is [B][C@@H]1O[C@](F)(CO[P+](C)=[W])[C@@H](O)[C@H]1C. The van der Waals surface area contributed by atoms with Crippen LogP contribution in [0.15, 0.2) is 0 Å². The first-order valence-corrected chi connectivity index (χ1v) is 9.77. The van der Waals surface area contributed by atoms with E-state index in [-0.39, 0.29) is 6.61 Å². The molecule has 1 aliphatic heterocycles. The van der Waals surface area contributed by atoms with Crippen molar-refractivity contribution in [1.29, 1.82) is 0 Å². The van der Waals surface area contributed by atoms with Crippen LogP contribution in [0.5, 0.6) is 0 Å². The van der Waals surface area contributed by atoms with Gasteiger partial charge in [-0.25, -0.2) is 0 Å². The Morgan fingerprint density at radius 1 is 1.79 bits per heavy atom. The summed E-state index contributed by atoms with van der Waals surface area (Å²) >= 11 is 1.27. The van der Waals surface area contributed by atoms with Crippen LogP contribution < -0.4 is 0 Å². The molecule has 0 aliphatic carbocycles. The van der Waals surface area contributed by atoms with E-state index in [0.717, 1.165) is 0 Å². The van der Waals surface area contributed by atoms with Crippen molar-refractivity contribution < 1.29 is 37.6 Å². The van der Waals surface area contributed by atoms with Gasteiger partial charge in [0.15, 0.2) is 0 Å². The molecule has 1 fully saturated rings. The van der Waals surface area contributed by atoms with Gasteiger partial charge in [-0.2, -0.15) is 0 Å². The molecular formula is C7H12BFO3PW+. The van der Waals surface area contributed by atoms with E-state index in [9.17, 15) is 9.50 Å². The number of hydrogen-bond acceptors (Lipinski definition) is 3. The van der Waals surface area contributed by atoms with Crippen LogP contribution in [-0.4, -0.2) is 44.2 Å². The maximum atomic E-state index is 13.9. The van der Waals surface area contributed by atoms with Crippen LogP contribution in [0.2, 0.25) is 0 Å². The van der Waals surface area contributed by atoms with Crippen LogP contribution in [0.25, 0.3) is 0 Å². The molecule has 0 amide bonds. The Bertz CT molecular complexity index is 245. The fourth-order valence-electron chi connectivity index (χ4n) is 1.27. The third-order valence-electron chi connectivity index (χ3n) is 2.23. The van der Waals surface area contributed by atoms with Crippen molar-refractivity contribution in [3.8, 4) is 0 Å². The van der Waals surface area contributed by atoms with Crippen molar-refractivity contribution in [2.45, 2.75) is 24.9 Å². The number of halogens is 1. The van der Waals surface area contributed by atoms with Gasteiger partial charge in [-0.1, -0.05) is 0 Å². The molecule has 1 heterocycles. The van der Waals surface area contributed by atoms with E-state index in [0.29, 0.717) is 0 Å². The summed E-state index contributed by atoms with van der Waals surface area (Å²) in [6.07, 6.45) is -1.21. The Morgan fingerprint density at radius 2 is 2.36 bits per heavy atom. The topological polar surface area (TPSA) is 38.7 Å². The zero-order valence-corrected chi connectivity index (χ0v) is 11.8. The summed E-state index contributed by atoms with van der Waals surface area (Å²) in [6.45, 7) is 3.30. The van der Waals surface area contributed by atoms with Crippen LogP contribution in [0, 0.1) is 5.92 Å². The third kappa shape index (κ3) is 2.71. The van der Waals surface area contributed by atoms with E-state index in [4.69, 9.17) is 17.1 Å². The standard InChI is InChI=1S/C7H12BFO3P.W/c1-4-5(10)7(9,3-11-13-2)12-6(4)8;/h4-6,10H,3H2,1-2H3;/q-1;+2/t4-,5+,6-,7-;/m1./s1. The van der Waals surface area contributed by atoms with Gasteiger partial charge < -0.3 is 0 Å². The molecule has 0 spiro atoms. The summed E-state index contributed by atoms with van der Waals surface area (Å²) in [5.74, 6) is -3.13. The molecule has 78 valence electrons. The van der Waals surface area contributed by atoms with Gasteiger partial charge >= 0.3 is 95.3 Å². The van der Waals surface area contributed by atoms with Gasteiger partial charge in [0, 0.05) is 0 Å². The third-order valence-corrected chi connectivity index (χ3v) is 3.86. The summed E-state index contributed by atoms with van der Waals surface area (Å²) < 4.78 is 24.0. The normalized spacial score (nSPS) is 44.0. The van der Waals surface area contributed by atoms with E-state index >= 15 is 0 Å². The molecule has 14 heavy (non-hydrogen) atoms. The fourth-order valence-corrected chi connectivity index (χ4v) is 2.20. The minimum absolute atomic E-state index is 0.238. The number of aliphatic hydroxyl groups excluding tert-OH is 1. The first-order valence-electron chi connectivity index (χ1n) is 4.21. The monoisotopic (exact) mass is 389 g/mol. The second-order valence-corrected chi connectivity index (χ2v) is 10.1. The summed E-state index contributed by atoms with van der Waals surface area (Å²) in [6, 6.07) is -0.758. The Morgan fingerprint density at radius 3 is 2.71 bits per heavy atom. The Kier molecular flexibility index (Phi) is 4.43. The Hall–Kier alpha value is 0.863. The molecule has 1 aliphatic rings. The first kappa shape index (κ1) is 12.9. The van der Waals surface area contributed by atoms with Crippen LogP contribution in [0.4, 0.5) is 4.39 Å². The molecule has 0 bridgehead atoms. The maximum absolute atomic E-state index is 13.9. The molecule has 5 atom stereocenters. The fraction of sp³-hybridized carbons (Fsp3) is 1.00. The molecule has 0 saturated carbocycles. The van der Waals surface area contributed by atoms with Gasteiger partial charge in [0.2, 0.25) is 0 Å². The van der Waals surface area contributed by atoms with Crippen molar-refractivity contribution in [2.24, 2.45) is 5.92 Å². The van der Waals surface area contributed by atoms with Crippen LogP contribution in [0.3, 0.4) is 0 Å². The molecule has 1 saturated heterocycles. The predicted octanol–water partition coefficient (Wildman–Crippen LogP) is 0.679. The molecule has 1 unspecified atom stereocenters. The molecule has 1 N–H and O–H groups in total. The molecule has 0 aromatic heterocycles. The minimum atomic E-state index is -2.13. The van der Waals surface area contributed by atoms with Gasteiger partial charge in [0.05, 0.1) is 0 Å². The predicted molar refractivity (Wildman–Crippen MR) is 48.4 cm³/mol. The molecule has 1 rings (SSSR count). The quantitative estimate of drug-likeness (QED) is 0.571. The number of hydrogen-bond donors (Lipinski definition) is 1. The molecule has 0 aromatic rings. The molecule has 0 aromatic carbocycles. The van der Waals surface area contributed by atoms with Gasteiger partial charge in [-0.05, 0) is 0 Å². The van der Waals surface area contributed by atoms with Gasteiger partial charge in [0.1, 0.15) is 0 Å². The Labute approximate surface area is 95.4 Å². The van der Waals surface area contributed by atoms with Gasteiger partial charge in [-0.3, -0.25) is 0 Å². The average Bonchev–Trinajstić information content (AvgIpc) is 2.28. The average molecular weight is 389 g/mol. The summed E-state index contributed by atoms with van der Waals surface area (Å²) in [5, 5.41) is 9.55. The number of rotatable bonds is 3. The van der Waals surface area contributed by atoms with E-state index in [1.165, 1.54) is 18.8 Å². The van der Waals surface area contributed by atoms with E-state index in [1.54, 1.807) is 6.92 Å². The van der Waals surface area contributed by atoms with Crippen LogP contribution in [0.1, 0.15) is 6.92 Å². The van der Waals surface area contributed by atoms with Crippen molar-refractivity contribution in [2.75, 3.05) is 13.3 Å². The van der Waals surface area contributed by atoms with Crippen LogP contribution in [-0.2, 0) is 28.1 Å². The van der Waals surface area contributed by atoms with Crippen molar-refractivity contribution in [1.82, 2.24) is 0 Å². The van der Waals surface area contributed by atoms with Crippen molar-refractivity contribution in [3.63, 3.8) is 0 Å². The number of aliphatic hydroxyl groups is 1. The van der Waals surface area contributed by atoms with Gasteiger partial charge in [0.25, 0.3) is 0 Å². The molecule has 3 nitrogen and oxygen atoms in total. The zero-order chi connectivity index (χ0) is 10.9. The van der Waals surface area contributed by atoms with Crippen LogP contribution >= 0.6 is 5.78 Å². The Balaban J connectivity index is 2.61. The summed E-state index contributed by atoms with van der Waals surface area (Å²) in [5.41, 5.74) is 0. The van der Waals surface area contributed by atoms with E-state index in [2.05, 4.69) is 0 Å². The molecule has 2 radical (unpaired) electrons. The van der Waals surface area contributed by atoms with E-state index in [1.807, 2.05) is 6.66 Å².